The van der Waals surface area contributed by atoms with Crippen molar-refractivity contribution in [3.8, 4) is 5.75 Å². The van der Waals surface area contributed by atoms with Gasteiger partial charge in [-0.05, 0) is 56.1 Å². The van der Waals surface area contributed by atoms with E-state index < -0.39 is 18.0 Å². The molecule has 2 aromatic rings. The van der Waals surface area contributed by atoms with Gasteiger partial charge in [0.1, 0.15) is 17.7 Å². The second kappa shape index (κ2) is 12.0. The molecule has 2 saturated heterocycles. The summed E-state index contributed by atoms with van der Waals surface area (Å²) in [6.07, 6.45) is 3.45. The van der Waals surface area contributed by atoms with Crippen molar-refractivity contribution in [3.63, 3.8) is 0 Å². The summed E-state index contributed by atoms with van der Waals surface area (Å²) in [4.78, 5) is 20.4. The Kier molecular flexibility index (Phi) is 8.77. The summed E-state index contributed by atoms with van der Waals surface area (Å²) in [5, 5.41) is 4.04. The van der Waals surface area contributed by atoms with Crippen LogP contribution in [0.5, 0.6) is 5.75 Å². The number of benzene rings is 1. The van der Waals surface area contributed by atoms with E-state index in [0.29, 0.717) is 42.8 Å². The number of alkyl halides is 1. The lowest BCUT2D eigenvalue weighted by Crippen LogP contribution is -2.44. The average molecular weight is 506 g/mol. The highest BCUT2D eigenvalue weighted by atomic mass is 19.1. The first-order valence-corrected chi connectivity index (χ1v) is 13.0. The molecule has 2 fully saturated rings. The molecule has 0 spiro atoms. The minimum Gasteiger partial charge on any atom is -0.493 e. The summed E-state index contributed by atoms with van der Waals surface area (Å²) >= 11 is 0. The predicted molar refractivity (Wildman–Crippen MR) is 132 cm³/mol. The molecule has 1 aromatic heterocycles. The zero-order valence-electron chi connectivity index (χ0n) is 21.2. The van der Waals surface area contributed by atoms with Crippen molar-refractivity contribution in [1.82, 2.24) is 15.0 Å². The maximum atomic E-state index is 14.6. The Bertz CT molecular complexity index is 1010. The summed E-state index contributed by atoms with van der Waals surface area (Å²) in [6, 6.07) is 4.38. The quantitative estimate of drug-likeness (QED) is 0.490. The molecule has 198 valence electrons. The van der Waals surface area contributed by atoms with Crippen molar-refractivity contribution < 1.29 is 22.8 Å². The number of hydrogen-bond donors (Lipinski definition) is 1. The molecule has 0 bridgehead atoms. The first-order valence-electron chi connectivity index (χ1n) is 13.0. The number of halogens is 2. The van der Waals surface area contributed by atoms with Crippen molar-refractivity contribution in [2.24, 2.45) is 11.7 Å². The highest BCUT2D eigenvalue weighted by Crippen LogP contribution is 2.26. The molecule has 1 aromatic carbocycles. The molecule has 0 aliphatic carbocycles. The van der Waals surface area contributed by atoms with Gasteiger partial charge in [0.15, 0.2) is 5.82 Å². The molecule has 2 N–H and O–H groups in total. The molecule has 8 nitrogen and oxygen atoms in total. The zero-order chi connectivity index (χ0) is 25.7. The number of ether oxygens (including phenoxy) is 1. The standard InChI is InChI=1S/C26H37F2N5O3/c1-17(2)24-30-26(36-31-24)32-10-7-18(8-11-32)4-3-13-35-21-6-5-19(22(28)15-21)14-23(29)25(34)33-12-9-20(27)16-33/h5-6,15,17-18,20,23H,3-4,7-14,16,29H2,1-2H3. The monoisotopic (exact) mass is 505 g/mol. The second-order valence-electron chi connectivity index (χ2n) is 10.2. The molecular weight excluding hydrogens is 468 g/mol. The molecule has 0 radical (unpaired) electrons. The van der Waals surface area contributed by atoms with Crippen LogP contribution in [-0.2, 0) is 11.2 Å². The summed E-state index contributed by atoms with van der Waals surface area (Å²) in [7, 11) is 0. The van der Waals surface area contributed by atoms with Gasteiger partial charge in [0.05, 0.1) is 19.2 Å². The van der Waals surface area contributed by atoms with Gasteiger partial charge >= 0.3 is 6.01 Å². The lowest BCUT2D eigenvalue weighted by molar-refractivity contribution is -0.131. The van der Waals surface area contributed by atoms with Crippen molar-refractivity contribution in [2.75, 3.05) is 37.7 Å². The van der Waals surface area contributed by atoms with Crippen LogP contribution < -0.4 is 15.4 Å². The largest absolute Gasteiger partial charge is 0.493 e. The number of rotatable bonds is 10. The molecule has 1 amide bonds. The molecule has 2 atom stereocenters. The van der Waals surface area contributed by atoms with Crippen LogP contribution in [0.25, 0.3) is 0 Å². The van der Waals surface area contributed by atoms with E-state index in [1.807, 2.05) is 13.8 Å². The summed E-state index contributed by atoms with van der Waals surface area (Å²) in [6.45, 7) is 6.83. The third-order valence-electron chi connectivity index (χ3n) is 7.08. The zero-order valence-corrected chi connectivity index (χ0v) is 21.2. The van der Waals surface area contributed by atoms with Gasteiger partial charge in [0, 0.05) is 31.6 Å². The Morgan fingerprint density at radius 1 is 1.25 bits per heavy atom. The van der Waals surface area contributed by atoms with Gasteiger partial charge in [-0.3, -0.25) is 4.79 Å². The third kappa shape index (κ3) is 6.72. The van der Waals surface area contributed by atoms with Crippen LogP contribution in [0.2, 0.25) is 0 Å². The number of carbonyl (C=O) groups excluding carboxylic acids is 1. The van der Waals surface area contributed by atoms with Gasteiger partial charge in [-0.25, -0.2) is 8.78 Å². The van der Waals surface area contributed by atoms with Gasteiger partial charge in [0.25, 0.3) is 0 Å². The summed E-state index contributed by atoms with van der Waals surface area (Å²) in [5.41, 5.74) is 6.33. The van der Waals surface area contributed by atoms with Gasteiger partial charge in [-0.2, -0.15) is 4.98 Å². The maximum absolute atomic E-state index is 14.6. The summed E-state index contributed by atoms with van der Waals surface area (Å²) < 4.78 is 39.1. The van der Waals surface area contributed by atoms with Crippen LogP contribution in [0.4, 0.5) is 14.8 Å². The number of piperidine rings is 1. The Balaban J connectivity index is 1.15. The number of aromatic nitrogens is 2. The summed E-state index contributed by atoms with van der Waals surface area (Å²) in [5.74, 6) is 1.27. The van der Waals surface area contributed by atoms with Crippen molar-refractivity contribution in [2.45, 2.75) is 70.5 Å². The van der Waals surface area contributed by atoms with E-state index in [1.165, 1.54) is 11.0 Å². The first kappa shape index (κ1) is 26.3. The normalized spacial score (nSPS) is 19.8. The maximum Gasteiger partial charge on any atom is 0.324 e. The van der Waals surface area contributed by atoms with Crippen LogP contribution >= 0.6 is 0 Å². The van der Waals surface area contributed by atoms with E-state index in [0.717, 1.165) is 44.6 Å². The molecule has 2 unspecified atom stereocenters. The van der Waals surface area contributed by atoms with E-state index >= 15 is 0 Å². The second-order valence-corrected chi connectivity index (χ2v) is 10.2. The molecule has 2 aliphatic rings. The number of carbonyl (C=O) groups is 1. The molecule has 2 aliphatic heterocycles. The minimum absolute atomic E-state index is 0.0682. The average Bonchev–Trinajstić information content (AvgIpc) is 3.53. The fourth-order valence-corrected chi connectivity index (χ4v) is 4.82. The molecule has 36 heavy (non-hydrogen) atoms. The number of hydrogen-bond acceptors (Lipinski definition) is 7. The Morgan fingerprint density at radius 3 is 2.67 bits per heavy atom. The van der Waals surface area contributed by atoms with E-state index in [2.05, 4.69) is 15.0 Å². The molecule has 4 rings (SSSR count). The van der Waals surface area contributed by atoms with E-state index in [-0.39, 0.29) is 24.8 Å². The third-order valence-corrected chi connectivity index (χ3v) is 7.08. The number of nitrogens with two attached hydrogens (primary N) is 1. The predicted octanol–water partition coefficient (Wildman–Crippen LogP) is 3.85. The van der Waals surface area contributed by atoms with Crippen LogP contribution in [0.15, 0.2) is 22.7 Å². The van der Waals surface area contributed by atoms with E-state index in [1.54, 1.807) is 12.1 Å². The van der Waals surface area contributed by atoms with Gasteiger partial charge in [-0.15, -0.1) is 0 Å². The van der Waals surface area contributed by atoms with Crippen LogP contribution in [0.1, 0.15) is 63.3 Å². The fraction of sp³-hybridized carbons (Fsp3) is 0.654. The first-order chi connectivity index (χ1) is 17.3. The highest BCUT2D eigenvalue weighted by molar-refractivity contribution is 5.82. The van der Waals surface area contributed by atoms with Crippen molar-refractivity contribution >= 4 is 11.9 Å². The number of amides is 1. The van der Waals surface area contributed by atoms with E-state index in [4.69, 9.17) is 15.0 Å². The lowest BCUT2D eigenvalue weighted by Gasteiger charge is -2.30. The number of nitrogens with zero attached hydrogens (tertiary/aromatic N) is 4. The SMILES string of the molecule is CC(C)c1noc(N2CCC(CCCOc3ccc(CC(N)C(=O)N4CCC(F)C4)c(F)c3)CC2)n1. The number of likely N-dealkylation sites (tertiary alicyclic amines) is 1. The smallest absolute Gasteiger partial charge is 0.324 e. The fourth-order valence-electron chi connectivity index (χ4n) is 4.82. The molecule has 10 heteroatoms. The Labute approximate surface area is 211 Å². The molecule has 3 heterocycles. The van der Waals surface area contributed by atoms with E-state index in [9.17, 15) is 13.6 Å². The Morgan fingerprint density at radius 2 is 2.03 bits per heavy atom. The van der Waals surface area contributed by atoms with Crippen LogP contribution in [0, 0.1) is 11.7 Å². The molecular formula is C26H37F2N5O3. The van der Waals surface area contributed by atoms with Crippen LogP contribution in [-0.4, -0.2) is 65.9 Å². The number of anilines is 1. The van der Waals surface area contributed by atoms with Crippen molar-refractivity contribution in [3.05, 3.63) is 35.4 Å². The van der Waals surface area contributed by atoms with Gasteiger partial charge in [-0.1, -0.05) is 25.1 Å². The topological polar surface area (TPSA) is 97.7 Å². The molecule has 0 saturated carbocycles. The lowest BCUT2D eigenvalue weighted by atomic mass is 9.92. The van der Waals surface area contributed by atoms with Crippen molar-refractivity contribution in [1.29, 1.82) is 0 Å². The minimum atomic E-state index is -1.00. The highest BCUT2D eigenvalue weighted by Gasteiger charge is 2.29. The van der Waals surface area contributed by atoms with Gasteiger partial charge < -0.3 is 24.8 Å². The van der Waals surface area contributed by atoms with Crippen LogP contribution in [0.3, 0.4) is 0 Å². The Hall–Kier alpha value is -2.75. The van der Waals surface area contributed by atoms with Gasteiger partial charge in [0.2, 0.25) is 5.91 Å².